The van der Waals surface area contributed by atoms with Crippen LogP contribution in [-0.2, 0) is 32.6 Å². The molecule has 2 aromatic rings. The van der Waals surface area contributed by atoms with Gasteiger partial charge in [-0.15, -0.1) is 0 Å². The summed E-state index contributed by atoms with van der Waals surface area (Å²) in [6.45, 7) is 9.29. The number of rotatable bonds is 5. The van der Waals surface area contributed by atoms with Gasteiger partial charge in [-0.2, -0.15) is 4.31 Å². The van der Waals surface area contributed by atoms with E-state index in [0.717, 1.165) is 22.3 Å². The molecule has 2 heterocycles. The lowest BCUT2D eigenvalue weighted by Crippen LogP contribution is -2.58. The number of carbonyl (C=O) groups excluding carboxylic acids is 2. The van der Waals surface area contributed by atoms with Crippen molar-refractivity contribution in [1.29, 1.82) is 0 Å². The minimum Gasteiger partial charge on any atom is -0.338 e. The van der Waals surface area contributed by atoms with Gasteiger partial charge in [0.05, 0.1) is 4.90 Å². The fourth-order valence-electron chi connectivity index (χ4n) is 5.06. The molecule has 1 saturated heterocycles. The first-order chi connectivity index (χ1) is 16.6. The molecule has 8 heteroatoms. The zero-order valence-electron chi connectivity index (χ0n) is 21.0. The van der Waals surface area contributed by atoms with Gasteiger partial charge in [0.2, 0.25) is 21.8 Å². The van der Waals surface area contributed by atoms with Gasteiger partial charge in [-0.3, -0.25) is 9.59 Å². The van der Waals surface area contributed by atoms with Crippen LogP contribution in [-0.4, -0.2) is 66.6 Å². The Kier molecular flexibility index (Phi) is 7.33. The molecule has 2 amide bonds. The van der Waals surface area contributed by atoms with E-state index in [2.05, 4.69) is 0 Å². The fraction of sp³-hybridized carbons (Fsp3) is 0.481. The van der Waals surface area contributed by atoms with Crippen LogP contribution in [0, 0.1) is 19.8 Å². The van der Waals surface area contributed by atoms with Crippen LogP contribution in [0.3, 0.4) is 0 Å². The van der Waals surface area contributed by atoms with Gasteiger partial charge >= 0.3 is 0 Å². The van der Waals surface area contributed by atoms with Crippen molar-refractivity contribution in [2.24, 2.45) is 5.92 Å². The number of carbonyl (C=O) groups is 2. The molecule has 2 aliphatic heterocycles. The van der Waals surface area contributed by atoms with Gasteiger partial charge in [0.15, 0.2) is 0 Å². The van der Waals surface area contributed by atoms with Crippen molar-refractivity contribution in [3.63, 3.8) is 0 Å². The number of amides is 2. The highest BCUT2D eigenvalue weighted by atomic mass is 32.2. The van der Waals surface area contributed by atoms with Gasteiger partial charge in [-0.25, -0.2) is 8.42 Å². The lowest BCUT2D eigenvalue weighted by molar-refractivity contribution is -0.148. The summed E-state index contributed by atoms with van der Waals surface area (Å²) in [4.78, 5) is 30.5. The van der Waals surface area contributed by atoms with Crippen LogP contribution in [0.4, 0.5) is 0 Å². The standard InChI is InChI=1S/C27H35N3O4S/c1-19(2)15-26(31)30-18-23-8-6-5-7-22(23)17-24(30)27(32)28-11-13-29(14-12-28)35(33,34)25-10-9-20(3)16-21(25)4/h5-10,16,19,24H,11-15,17-18H2,1-4H3. The Morgan fingerprint density at radius 1 is 0.971 bits per heavy atom. The Morgan fingerprint density at radius 3 is 2.26 bits per heavy atom. The molecule has 7 nitrogen and oxygen atoms in total. The highest BCUT2D eigenvalue weighted by Gasteiger charge is 2.39. The first-order valence-corrected chi connectivity index (χ1v) is 13.7. The van der Waals surface area contributed by atoms with Gasteiger partial charge in [0.25, 0.3) is 0 Å². The van der Waals surface area contributed by atoms with E-state index >= 15 is 0 Å². The molecule has 0 saturated carbocycles. The number of hydrogen-bond donors (Lipinski definition) is 0. The van der Waals surface area contributed by atoms with Crippen molar-refractivity contribution in [2.45, 2.75) is 58.0 Å². The van der Waals surface area contributed by atoms with Gasteiger partial charge in [0, 0.05) is 45.6 Å². The number of benzene rings is 2. The first-order valence-electron chi connectivity index (χ1n) is 12.3. The smallest absolute Gasteiger partial charge is 0.245 e. The molecule has 4 rings (SSSR count). The molecule has 0 bridgehead atoms. The second-order valence-electron chi connectivity index (χ2n) is 10.1. The molecule has 0 spiro atoms. The molecule has 0 radical (unpaired) electrons. The molecule has 1 unspecified atom stereocenters. The van der Waals surface area contributed by atoms with Crippen LogP contribution >= 0.6 is 0 Å². The maximum absolute atomic E-state index is 13.6. The minimum atomic E-state index is -3.63. The molecular formula is C27H35N3O4S. The molecular weight excluding hydrogens is 462 g/mol. The normalized spacial score (nSPS) is 19.1. The Labute approximate surface area is 208 Å². The highest BCUT2D eigenvalue weighted by molar-refractivity contribution is 7.89. The first kappa shape index (κ1) is 25.4. The quantitative estimate of drug-likeness (QED) is 0.636. The minimum absolute atomic E-state index is 0.0103. The van der Waals surface area contributed by atoms with E-state index in [1.165, 1.54) is 4.31 Å². The molecule has 0 aliphatic carbocycles. The number of sulfonamides is 1. The SMILES string of the molecule is Cc1ccc(S(=O)(=O)N2CCN(C(=O)C3Cc4ccccc4CN3C(=O)CC(C)C)CC2)c(C)c1. The maximum atomic E-state index is 13.6. The third kappa shape index (κ3) is 5.28. The summed E-state index contributed by atoms with van der Waals surface area (Å²) in [5.74, 6) is 0.0958. The van der Waals surface area contributed by atoms with Crippen molar-refractivity contribution in [2.75, 3.05) is 26.2 Å². The lowest BCUT2D eigenvalue weighted by Gasteiger charge is -2.41. The van der Waals surface area contributed by atoms with Crippen molar-refractivity contribution >= 4 is 21.8 Å². The van der Waals surface area contributed by atoms with E-state index in [1.54, 1.807) is 15.9 Å². The average molecular weight is 498 g/mol. The predicted molar refractivity (Wildman–Crippen MR) is 135 cm³/mol. The lowest BCUT2D eigenvalue weighted by atomic mass is 9.92. The monoisotopic (exact) mass is 497 g/mol. The van der Waals surface area contributed by atoms with E-state index in [0.29, 0.717) is 37.4 Å². The average Bonchev–Trinajstić information content (AvgIpc) is 2.82. The van der Waals surface area contributed by atoms with Crippen LogP contribution < -0.4 is 0 Å². The second-order valence-corrected chi connectivity index (χ2v) is 12.0. The molecule has 1 atom stereocenters. The van der Waals surface area contributed by atoms with E-state index in [4.69, 9.17) is 0 Å². The van der Waals surface area contributed by atoms with E-state index < -0.39 is 16.1 Å². The third-order valence-corrected chi connectivity index (χ3v) is 8.99. The Bertz CT molecular complexity index is 1220. The second kappa shape index (κ2) is 10.1. The fourth-order valence-corrected chi connectivity index (χ4v) is 6.69. The highest BCUT2D eigenvalue weighted by Crippen LogP contribution is 2.27. The topological polar surface area (TPSA) is 78.0 Å². The zero-order chi connectivity index (χ0) is 25.3. The predicted octanol–water partition coefficient (Wildman–Crippen LogP) is 3.14. The maximum Gasteiger partial charge on any atom is 0.245 e. The number of nitrogens with zero attached hydrogens (tertiary/aromatic N) is 3. The largest absolute Gasteiger partial charge is 0.338 e. The summed E-state index contributed by atoms with van der Waals surface area (Å²) in [5, 5.41) is 0. The van der Waals surface area contributed by atoms with Gasteiger partial charge < -0.3 is 9.80 Å². The summed E-state index contributed by atoms with van der Waals surface area (Å²) in [5.41, 5.74) is 3.92. The molecule has 2 aromatic carbocycles. The summed E-state index contributed by atoms with van der Waals surface area (Å²) >= 11 is 0. The summed E-state index contributed by atoms with van der Waals surface area (Å²) < 4.78 is 28.0. The Balaban J connectivity index is 1.49. The van der Waals surface area contributed by atoms with Gasteiger partial charge in [-0.1, -0.05) is 55.8 Å². The van der Waals surface area contributed by atoms with Crippen molar-refractivity contribution in [3.05, 3.63) is 64.7 Å². The number of piperazine rings is 1. The summed E-state index contributed by atoms with van der Waals surface area (Å²) in [6, 6.07) is 12.7. The molecule has 1 fully saturated rings. The van der Waals surface area contributed by atoms with E-state index in [9.17, 15) is 18.0 Å². The molecule has 0 aromatic heterocycles. The molecule has 188 valence electrons. The summed E-state index contributed by atoms with van der Waals surface area (Å²) in [7, 11) is -3.63. The third-order valence-electron chi connectivity index (χ3n) is 6.94. The van der Waals surface area contributed by atoms with Crippen LogP contribution in [0.1, 0.15) is 42.5 Å². The molecule has 2 aliphatic rings. The van der Waals surface area contributed by atoms with Crippen molar-refractivity contribution in [1.82, 2.24) is 14.1 Å². The van der Waals surface area contributed by atoms with Crippen LogP contribution in [0.15, 0.2) is 47.4 Å². The molecule has 35 heavy (non-hydrogen) atoms. The van der Waals surface area contributed by atoms with E-state index in [1.807, 2.05) is 64.1 Å². The Hall–Kier alpha value is -2.71. The van der Waals surface area contributed by atoms with Crippen LogP contribution in [0.5, 0.6) is 0 Å². The van der Waals surface area contributed by atoms with Crippen molar-refractivity contribution in [3.8, 4) is 0 Å². The zero-order valence-corrected chi connectivity index (χ0v) is 21.8. The number of aryl methyl sites for hydroxylation is 2. The van der Waals surface area contributed by atoms with Gasteiger partial charge in [-0.05, 0) is 42.5 Å². The molecule has 0 N–H and O–H groups in total. The summed E-state index contributed by atoms with van der Waals surface area (Å²) in [6.07, 6.45) is 0.883. The van der Waals surface area contributed by atoms with Gasteiger partial charge in [0.1, 0.15) is 6.04 Å². The van der Waals surface area contributed by atoms with Crippen LogP contribution in [0.2, 0.25) is 0 Å². The van der Waals surface area contributed by atoms with E-state index in [-0.39, 0.29) is 30.8 Å². The van der Waals surface area contributed by atoms with Crippen LogP contribution in [0.25, 0.3) is 0 Å². The number of fused-ring (bicyclic) bond motifs is 1. The Morgan fingerprint density at radius 2 is 1.63 bits per heavy atom. The van der Waals surface area contributed by atoms with Crippen molar-refractivity contribution < 1.29 is 18.0 Å². The number of hydrogen-bond acceptors (Lipinski definition) is 4.